The van der Waals surface area contributed by atoms with Crippen molar-refractivity contribution in [2.75, 3.05) is 13.1 Å². The molecule has 1 amide bonds. The van der Waals surface area contributed by atoms with Gasteiger partial charge in [0.2, 0.25) is 5.91 Å². The molecule has 0 radical (unpaired) electrons. The highest BCUT2D eigenvalue weighted by atomic mass is 16.4. The van der Waals surface area contributed by atoms with Crippen LogP contribution in [-0.2, 0) is 20.9 Å². The van der Waals surface area contributed by atoms with Crippen molar-refractivity contribution < 1.29 is 24.6 Å². The first-order chi connectivity index (χ1) is 16.8. The van der Waals surface area contributed by atoms with Crippen LogP contribution in [0.3, 0.4) is 0 Å². The lowest BCUT2D eigenvalue weighted by molar-refractivity contribution is -0.136. The van der Waals surface area contributed by atoms with Crippen molar-refractivity contribution in [1.29, 1.82) is 0 Å². The molecule has 2 aromatic rings. The van der Waals surface area contributed by atoms with Crippen LogP contribution >= 0.6 is 0 Å². The maximum absolute atomic E-state index is 13.0. The molecular weight excluding hydrogens is 444 g/mol. The summed E-state index contributed by atoms with van der Waals surface area (Å²) in [5, 5.41) is 19.1. The number of hydrogen-bond acceptors (Lipinski definition) is 4. The molecule has 3 N–H and O–H groups in total. The monoisotopic (exact) mass is 480 g/mol. The van der Waals surface area contributed by atoms with E-state index in [1.807, 2.05) is 13.0 Å². The van der Waals surface area contributed by atoms with Crippen LogP contribution in [0.5, 0.6) is 0 Å². The lowest BCUT2D eigenvalue weighted by Crippen LogP contribution is -2.49. The number of carbonyl (C=O) groups is 3. The Morgan fingerprint density at radius 3 is 1.94 bits per heavy atom. The van der Waals surface area contributed by atoms with Gasteiger partial charge in [-0.05, 0) is 43.0 Å². The second kappa shape index (κ2) is 14.7. The number of nitrogens with zero attached hydrogens (tertiary/aromatic N) is 1. The number of piperidine rings is 1. The molecule has 0 spiro atoms. The Bertz CT molecular complexity index is 940. The fraction of sp³-hybridized carbons (Fsp3) is 0.393. The summed E-state index contributed by atoms with van der Waals surface area (Å²) >= 11 is 0. The molecule has 1 saturated heterocycles. The standard InChI is InChI=1S/C24H32N2O.C4H4O4/c1-3-23(27)26(18-20-10-6-4-7-11-20)24(22-14-16-25-17-15-22)19(2)21-12-8-5-9-13-21;5-3(6)1-2-4(7)8/h4-13,19,22,24-25H,3,14-18H2,1-2H3;1-2H,(H,5,6)(H,7,8). The molecule has 1 heterocycles. The quantitative estimate of drug-likeness (QED) is 0.462. The minimum Gasteiger partial charge on any atom is -0.478 e. The van der Waals surface area contributed by atoms with E-state index in [0.717, 1.165) is 25.9 Å². The molecular formula is C28H36N2O5. The Kier molecular flexibility index (Phi) is 11.7. The summed E-state index contributed by atoms with van der Waals surface area (Å²) in [6.07, 6.45) is 3.93. The normalized spacial score (nSPS) is 15.5. The summed E-state index contributed by atoms with van der Waals surface area (Å²) < 4.78 is 0. The SMILES string of the molecule is CCC(=O)N(Cc1ccccc1)C(C1CCNCC1)C(C)c1ccccc1.O=C(O)C=CC(=O)O. The Labute approximate surface area is 207 Å². The van der Waals surface area contributed by atoms with Gasteiger partial charge in [-0.15, -0.1) is 0 Å². The van der Waals surface area contributed by atoms with E-state index in [-0.39, 0.29) is 11.9 Å². The highest BCUT2D eigenvalue weighted by molar-refractivity contribution is 5.89. The van der Waals surface area contributed by atoms with Crippen molar-refractivity contribution in [3.63, 3.8) is 0 Å². The van der Waals surface area contributed by atoms with Crippen LogP contribution in [0.2, 0.25) is 0 Å². The highest BCUT2D eigenvalue weighted by Gasteiger charge is 2.35. The van der Waals surface area contributed by atoms with Gasteiger partial charge in [0.05, 0.1) is 0 Å². The molecule has 2 aromatic carbocycles. The first kappa shape index (κ1) is 27.8. The zero-order valence-corrected chi connectivity index (χ0v) is 20.5. The Balaban J connectivity index is 0.000000466. The van der Waals surface area contributed by atoms with Crippen LogP contribution < -0.4 is 5.32 Å². The van der Waals surface area contributed by atoms with E-state index in [1.54, 1.807) is 0 Å². The van der Waals surface area contributed by atoms with E-state index in [1.165, 1.54) is 11.1 Å². The lowest BCUT2D eigenvalue weighted by atomic mass is 9.79. The Morgan fingerprint density at radius 2 is 1.46 bits per heavy atom. The van der Waals surface area contributed by atoms with Gasteiger partial charge < -0.3 is 20.4 Å². The average Bonchev–Trinajstić information content (AvgIpc) is 2.88. The molecule has 3 rings (SSSR count). The fourth-order valence-electron chi connectivity index (χ4n) is 4.56. The number of carbonyl (C=O) groups excluding carboxylic acids is 1. The summed E-state index contributed by atoms with van der Waals surface area (Å²) in [5.41, 5.74) is 2.53. The minimum atomic E-state index is -1.26. The third-order valence-electron chi connectivity index (χ3n) is 6.25. The van der Waals surface area contributed by atoms with Gasteiger partial charge >= 0.3 is 11.9 Å². The number of rotatable bonds is 9. The fourth-order valence-corrected chi connectivity index (χ4v) is 4.56. The summed E-state index contributed by atoms with van der Waals surface area (Å²) in [7, 11) is 0. The smallest absolute Gasteiger partial charge is 0.328 e. The zero-order chi connectivity index (χ0) is 25.6. The highest BCUT2D eigenvalue weighted by Crippen LogP contribution is 2.34. The number of nitrogens with one attached hydrogen (secondary N) is 1. The van der Waals surface area contributed by atoms with Gasteiger partial charge in [0.25, 0.3) is 0 Å². The van der Waals surface area contributed by atoms with Crippen molar-refractivity contribution >= 4 is 17.8 Å². The molecule has 2 unspecified atom stereocenters. The van der Waals surface area contributed by atoms with Crippen LogP contribution in [0.25, 0.3) is 0 Å². The first-order valence-corrected chi connectivity index (χ1v) is 12.1. The van der Waals surface area contributed by atoms with E-state index >= 15 is 0 Å². The molecule has 188 valence electrons. The third-order valence-corrected chi connectivity index (χ3v) is 6.25. The minimum absolute atomic E-state index is 0.224. The van der Waals surface area contributed by atoms with Crippen LogP contribution in [0, 0.1) is 5.92 Å². The summed E-state index contributed by atoms with van der Waals surface area (Å²) in [6.45, 7) is 7.06. The Hall–Kier alpha value is -3.45. The summed E-state index contributed by atoms with van der Waals surface area (Å²) in [6, 6.07) is 21.3. The first-order valence-electron chi connectivity index (χ1n) is 12.1. The van der Waals surface area contributed by atoms with Crippen molar-refractivity contribution in [1.82, 2.24) is 10.2 Å². The number of amides is 1. The number of carboxylic acid groups (broad SMARTS) is 2. The number of carboxylic acids is 2. The maximum Gasteiger partial charge on any atom is 0.328 e. The van der Waals surface area contributed by atoms with Gasteiger partial charge in [-0.3, -0.25) is 4.79 Å². The van der Waals surface area contributed by atoms with Crippen molar-refractivity contribution in [3.8, 4) is 0 Å². The zero-order valence-electron chi connectivity index (χ0n) is 20.5. The van der Waals surface area contributed by atoms with E-state index < -0.39 is 11.9 Å². The molecule has 0 bridgehead atoms. The van der Waals surface area contributed by atoms with Crippen LogP contribution in [0.4, 0.5) is 0 Å². The molecule has 1 aliphatic heterocycles. The topological polar surface area (TPSA) is 107 Å². The molecule has 7 heteroatoms. The second-order valence-electron chi connectivity index (χ2n) is 8.65. The van der Waals surface area contributed by atoms with E-state index in [0.29, 0.717) is 37.0 Å². The van der Waals surface area contributed by atoms with E-state index in [9.17, 15) is 14.4 Å². The van der Waals surface area contributed by atoms with Gasteiger partial charge in [-0.2, -0.15) is 0 Å². The van der Waals surface area contributed by atoms with Gasteiger partial charge in [0.15, 0.2) is 0 Å². The van der Waals surface area contributed by atoms with Crippen LogP contribution in [0.1, 0.15) is 50.2 Å². The number of benzene rings is 2. The molecule has 7 nitrogen and oxygen atoms in total. The molecule has 35 heavy (non-hydrogen) atoms. The number of aliphatic carboxylic acids is 2. The molecule has 0 aliphatic carbocycles. The predicted octanol–water partition coefficient (Wildman–Crippen LogP) is 4.31. The van der Waals surface area contributed by atoms with Crippen LogP contribution in [-0.4, -0.2) is 52.1 Å². The van der Waals surface area contributed by atoms with E-state index in [4.69, 9.17) is 10.2 Å². The van der Waals surface area contributed by atoms with Gasteiger partial charge in [0.1, 0.15) is 0 Å². The molecule has 1 aliphatic rings. The largest absolute Gasteiger partial charge is 0.478 e. The Morgan fingerprint density at radius 1 is 0.943 bits per heavy atom. The second-order valence-corrected chi connectivity index (χ2v) is 8.65. The van der Waals surface area contributed by atoms with Crippen molar-refractivity contribution in [2.24, 2.45) is 5.92 Å². The molecule has 0 saturated carbocycles. The predicted molar refractivity (Wildman–Crippen MR) is 136 cm³/mol. The van der Waals surface area contributed by atoms with Gasteiger partial charge in [-0.1, -0.05) is 74.5 Å². The van der Waals surface area contributed by atoms with Crippen molar-refractivity contribution in [2.45, 2.75) is 51.6 Å². The van der Waals surface area contributed by atoms with Gasteiger partial charge in [-0.25, -0.2) is 9.59 Å². The molecule has 2 atom stereocenters. The third kappa shape index (κ3) is 9.37. The van der Waals surface area contributed by atoms with Crippen molar-refractivity contribution in [3.05, 3.63) is 83.9 Å². The van der Waals surface area contributed by atoms with Gasteiger partial charge in [0, 0.05) is 37.1 Å². The summed E-state index contributed by atoms with van der Waals surface area (Å²) in [5.74, 6) is -1.42. The number of hydrogen-bond donors (Lipinski definition) is 3. The molecule has 0 aromatic heterocycles. The molecule has 1 fully saturated rings. The average molecular weight is 481 g/mol. The lowest BCUT2D eigenvalue weighted by Gasteiger charge is -2.42. The van der Waals surface area contributed by atoms with Crippen LogP contribution in [0.15, 0.2) is 72.8 Å². The summed E-state index contributed by atoms with van der Waals surface area (Å²) in [4.78, 5) is 34.3. The van der Waals surface area contributed by atoms with E-state index in [2.05, 4.69) is 71.7 Å². The maximum atomic E-state index is 13.0.